The van der Waals surface area contributed by atoms with Crippen LogP contribution in [0.5, 0.6) is 0 Å². The number of ether oxygens (including phenoxy) is 2. The summed E-state index contributed by atoms with van der Waals surface area (Å²) in [7, 11) is 1.29. The third-order valence-corrected chi connectivity index (χ3v) is 5.01. The fraction of sp³-hybridized carbons (Fsp3) is 0.318. The van der Waals surface area contributed by atoms with Crippen LogP contribution in [0.3, 0.4) is 0 Å². The molecule has 7 heteroatoms. The summed E-state index contributed by atoms with van der Waals surface area (Å²) >= 11 is 0. The number of Topliss-reactive ketones (excluding diaryl/α,β-unsaturated/α-hetero) is 1. The Balaban J connectivity index is 2.14. The van der Waals surface area contributed by atoms with Gasteiger partial charge in [-0.05, 0) is 30.9 Å². The number of hydrogen-bond donors (Lipinski definition) is 1. The van der Waals surface area contributed by atoms with E-state index in [9.17, 15) is 14.4 Å². The number of carbonyl (C=O) groups excluding carboxylic acids is 3. The van der Waals surface area contributed by atoms with Crippen LogP contribution in [0.15, 0.2) is 36.4 Å². The summed E-state index contributed by atoms with van der Waals surface area (Å²) in [5.74, 6) is -1.49. The molecule has 2 aromatic rings. The number of fused-ring (bicyclic) bond motifs is 1. The molecule has 0 aliphatic heterocycles. The molecule has 1 heterocycles. The maximum atomic E-state index is 12.8. The lowest BCUT2D eigenvalue weighted by Crippen LogP contribution is -2.61. The number of benzene rings is 1. The third-order valence-electron chi connectivity index (χ3n) is 5.01. The Kier molecular flexibility index (Phi) is 6.29. The van der Waals surface area contributed by atoms with Crippen LogP contribution in [0.1, 0.15) is 46.2 Å². The van der Waals surface area contributed by atoms with Gasteiger partial charge in [-0.1, -0.05) is 37.3 Å². The number of quaternary nitrogens is 1. The Labute approximate surface area is 169 Å². The molecular formula is C22H25N2O5+. The minimum Gasteiger partial charge on any atom is -0.482 e. The van der Waals surface area contributed by atoms with Crippen LogP contribution in [0.2, 0.25) is 0 Å². The van der Waals surface area contributed by atoms with Gasteiger partial charge in [-0.15, -0.1) is 0 Å². The Morgan fingerprint density at radius 3 is 2.52 bits per heavy atom. The van der Waals surface area contributed by atoms with Crippen LogP contribution in [0.25, 0.3) is 5.76 Å². The van der Waals surface area contributed by atoms with E-state index in [2.05, 4.69) is 15.0 Å². The zero-order valence-electron chi connectivity index (χ0n) is 16.7. The second kappa shape index (κ2) is 8.87. The highest BCUT2D eigenvalue weighted by Gasteiger charge is 2.34. The van der Waals surface area contributed by atoms with Gasteiger partial charge in [0.25, 0.3) is 5.78 Å². The van der Waals surface area contributed by atoms with E-state index < -0.39 is 17.7 Å². The van der Waals surface area contributed by atoms with Gasteiger partial charge in [0.1, 0.15) is 5.76 Å². The van der Waals surface area contributed by atoms with Crippen molar-refractivity contribution in [2.75, 3.05) is 13.7 Å². The van der Waals surface area contributed by atoms with E-state index in [0.717, 1.165) is 17.0 Å². The van der Waals surface area contributed by atoms with Crippen LogP contribution in [-0.4, -0.2) is 35.9 Å². The molecule has 0 bridgehead atoms. The molecule has 1 aliphatic rings. The molecule has 1 aromatic carbocycles. The van der Waals surface area contributed by atoms with Crippen molar-refractivity contribution < 1.29 is 29.6 Å². The first-order valence-corrected chi connectivity index (χ1v) is 9.56. The standard InChI is InChI=1S/C22H24N2O5/c1-3-15-20(21(26)22(23)27)19-16(24(15)12-14-8-5-4-6-9-14)10-7-11-17(19)29-13-18(25)28-2/h4-6,8-9,11H,3,7,10,12-13H2,1-2H3,(H2,23,27)/p+1. The summed E-state index contributed by atoms with van der Waals surface area (Å²) in [5.41, 5.74) is 7.02. The number of ketones is 1. The highest BCUT2D eigenvalue weighted by molar-refractivity contribution is 6.40. The average molecular weight is 397 g/mol. The molecular weight excluding hydrogens is 372 g/mol. The van der Waals surface area contributed by atoms with Crippen molar-refractivity contribution in [3.8, 4) is 0 Å². The molecule has 0 radical (unpaired) electrons. The Morgan fingerprint density at radius 2 is 1.90 bits per heavy atom. The van der Waals surface area contributed by atoms with E-state index in [-0.39, 0.29) is 6.61 Å². The quantitative estimate of drug-likeness (QED) is 0.413. The molecule has 1 aromatic heterocycles. The summed E-state index contributed by atoms with van der Waals surface area (Å²) < 4.78 is 12.4. The lowest BCUT2D eigenvalue weighted by atomic mass is 9.95. The fourth-order valence-corrected chi connectivity index (χ4v) is 3.72. The van der Waals surface area contributed by atoms with Gasteiger partial charge in [-0.2, -0.15) is 0 Å². The van der Waals surface area contributed by atoms with E-state index >= 15 is 0 Å². The summed E-state index contributed by atoms with van der Waals surface area (Å²) in [4.78, 5) is 36.2. The number of carbonyl (C=O) groups is 3. The van der Waals surface area contributed by atoms with Crippen molar-refractivity contribution >= 4 is 23.4 Å². The zero-order valence-corrected chi connectivity index (χ0v) is 16.7. The molecule has 0 fully saturated rings. The summed E-state index contributed by atoms with van der Waals surface area (Å²) in [6.07, 6.45) is 3.83. The molecule has 1 amide bonds. The average Bonchev–Trinajstić information content (AvgIpc) is 3.05. The predicted octanol–water partition coefficient (Wildman–Crippen LogP) is 1.53. The van der Waals surface area contributed by atoms with Crippen molar-refractivity contribution in [3.05, 3.63) is 64.5 Å². The van der Waals surface area contributed by atoms with Crippen LogP contribution in [0, 0.1) is 0 Å². The van der Waals surface area contributed by atoms with Gasteiger partial charge in [0, 0.05) is 23.5 Å². The van der Waals surface area contributed by atoms with Gasteiger partial charge >= 0.3 is 11.9 Å². The first-order valence-electron chi connectivity index (χ1n) is 9.56. The second-order valence-electron chi connectivity index (χ2n) is 6.79. The maximum absolute atomic E-state index is 12.8. The molecule has 0 saturated heterocycles. The first kappa shape index (κ1) is 20.5. The largest absolute Gasteiger partial charge is 0.482 e. The van der Waals surface area contributed by atoms with Crippen LogP contribution in [-0.2, 0) is 38.4 Å². The number of allylic oxidation sites excluding steroid dienone is 1. The number of nitrogens with zero attached hydrogens (tertiary/aromatic N) is 1. The molecule has 152 valence electrons. The smallest absolute Gasteiger partial charge is 0.381 e. The topological polar surface area (TPSA) is 102 Å². The molecule has 1 aliphatic carbocycles. The Morgan fingerprint density at radius 1 is 1.17 bits per heavy atom. The van der Waals surface area contributed by atoms with Gasteiger partial charge in [0.15, 0.2) is 6.61 Å². The monoisotopic (exact) mass is 397 g/mol. The van der Waals surface area contributed by atoms with Gasteiger partial charge in [-0.3, -0.25) is 10.5 Å². The molecule has 7 nitrogen and oxygen atoms in total. The molecule has 29 heavy (non-hydrogen) atoms. The molecule has 0 spiro atoms. The van der Waals surface area contributed by atoms with Gasteiger partial charge in [-0.25, -0.2) is 9.59 Å². The van der Waals surface area contributed by atoms with Crippen LogP contribution in [0.4, 0.5) is 0 Å². The Hall–Kier alpha value is -3.19. The third kappa shape index (κ3) is 4.14. The summed E-state index contributed by atoms with van der Waals surface area (Å²) in [5, 5.41) is 0. The maximum Gasteiger partial charge on any atom is 0.381 e. The number of methoxy groups -OCH3 is 1. The Bertz CT molecular complexity index is 973. The van der Waals surface area contributed by atoms with Gasteiger partial charge < -0.3 is 14.0 Å². The number of hydrogen-bond acceptors (Lipinski definition) is 5. The lowest BCUT2D eigenvalue weighted by Gasteiger charge is -2.18. The van der Waals surface area contributed by atoms with Gasteiger partial charge in [0.2, 0.25) is 0 Å². The predicted molar refractivity (Wildman–Crippen MR) is 106 cm³/mol. The van der Waals surface area contributed by atoms with Crippen molar-refractivity contribution in [2.45, 2.75) is 32.7 Å². The summed E-state index contributed by atoms with van der Waals surface area (Å²) in [6, 6.07) is 9.92. The number of aromatic nitrogens is 1. The fourth-order valence-electron chi connectivity index (χ4n) is 3.72. The van der Waals surface area contributed by atoms with E-state index in [0.29, 0.717) is 42.7 Å². The normalized spacial score (nSPS) is 12.7. The van der Waals surface area contributed by atoms with Crippen molar-refractivity contribution in [3.63, 3.8) is 0 Å². The molecule has 0 saturated carbocycles. The minimum atomic E-state index is -0.766. The second-order valence-corrected chi connectivity index (χ2v) is 6.79. The number of amides is 1. The first-order chi connectivity index (χ1) is 14.0. The van der Waals surface area contributed by atoms with Gasteiger partial charge in [0.05, 0.1) is 12.7 Å². The van der Waals surface area contributed by atoms with Crippen molar-refractivity contribution in [1.29, 1.82) is 0 Å². The van der Waals surface area contributed by atoms with Crippen molar-refractivity contribution in [1.82, 2.24) is 4.57 Å². The molecule has 0 unspecified atom stereocenters. The van der Waals surface area contributed by atoms with Crippen LogP contribution >= 0.6 is 0 Å². The SMILES string of the molecule is CCc1c(C(=O)C([NH3+])=O)c2c(n1Cc1ccccc1)CCC=C2OCC(=O)OC. The summed E-state index contributed by atoms with van der Waals surface area (Å²) in [6.45, 7) is 2.26. The minimum absolute atomic E-state index is 0.265. The highest BCUT2D eigenvalue weighted by atomic mass is 16.6. The van der Waals surface area contributed by atoms with Crippen LogP contribution < -0.4 is 5.73 Å². The lowest BCUT2D eigenvalue weighted by molar-refractivity contribution is -0.296. The van der Waals surface area contributed by atoms with E-state index in [1.54, 1.807) is 0 Å². The molecule has 3 N–H and O–H groups in total. The van der Waals surface area contributed by atoms with E-state index in [1.807, 2.05) is 43.3 Å². The zero-order chi connectivity index (χ0) is 21.0. The number of esters is 1. The van der Waals surface area contributed by atoms with E-state index in [4.69, 9.17) is 4.74 Å². The number of rotatable bonds is 8. The molecule has 3 rings (SSSR count). The highest BCUT2D eigenvalue weighted by Crippen LogP contribution is 2.36. The van der Waals surface area contributed by atoms with E-state index in [1.165, 1.54) is 7.11 Å². The van der Waals surface area contributed by atoms with Crippen molar-refractivity contribution in [2.24, 2.45) is 0 Å². The molecule has 0 atom stereocenters.